The van der Waals surface area contributed by atoms with Crippen molar-refractivity contribution in [1.82, 2.24) is 0 Å². The second-order valence-corrected chi connectivity index (χ2v) is 6.20. The third-order valence-corrected chi connectivity index (χ3v) is 4.55. The van der Waals surface area contributed by atoms with Gasteiger partial charge < -0.3 is 5.32 Å². The summed E-state index contributed by atoms with van der Waals surface area (Å²) in [6.45, 7) is 2.13. The summed E-state index contributed by atoms with van der Waals surface area (Å²) < 4.78 is 13.5. The monoisotopic (exact) mass is 284 g/mol. The summed E-state index contributed by atoms with van der Waals surface area (Å²) in [4.78, 5) is 10.2. The maximum atomic E-state index is 13.5. The molecule has 1 saturated carbocycles. The van der Waals surface area contributed by atoms with Crippen LogP contribution in [-0.4, -0.2) is 22.0 Å². The second kappa shape index (κ2) is 6.23. The van der Waals surface area contributed by atoms with Crippen molar-refractivity contribution in [1.29, 1.82) is 0 Å². The highest BCUT2D eigenvalue weighted by Gasteiger charge is 2.27. The molecule has 6 heteroatoms. The fourth-order valence-corrected chi connectivity index (χ4v) is 3.64. The highest BCUT2D eigenvalue weighted by molar-refractivity contribution is 7.99. The van der Waals surface area contributed by atoms with Crippen molar-refractivity contribution in [2.75, 3.05) is 11.1 Å². The van der Waals surface area contributed by atoms with Crippen LogP contribution in [0, 0.1) is 15.9 Å². The van der Waals surface area contributed by atoms with Crippen LogP contribution in [0.1, 0.15) is 26.2 Å². The lowest BCUT2D eigenvalue weighted by atomic mass is 10.2. The van der Waals surface area contributed by atoms with Crippen LogP contribution in [0.5, 0.6) is 0 Å². The molecular formula is C13H17FN2O2S. The van der Waals surface area contributed by atoms with E-state index in [-0.39, 0.29) is 11.7 Å². The number of nitrogens with one attached hydrogen (secondary N) is 1. The minimum atomic E-state index is -0.785. The van der Waals surface area contributed by atoms with Gasteiger partial charge in [-0.15, -0.1) is 0 Å². The van der Waals surface area contributed by atoms with Gasteiger partial charge in [0.1, 0.15) is 5.69 Å². The van der Waals surface area contributed by atoms with E-state index in [9.17, 15) is 14.5 Å². The number of anilines is 1. The number of hydrogen-bond donors (Lipinski definition) is 1. The summed E-state index contributed by atoms with van der Waals surface area (Å²) in [5, 5.41) is 14.6. The lowest BCUT2D eigenvalue weighted by Gasteiger charge is -2.14. The quantitative estimate of drug-likeness (QED) is 0.659. The first kappa shape index (κ1) is 14.1. The van der Waals surface area contributed by atoms with Gasteiger partial charge in [0.2, 0.25) is 5.82 Å². The molecule has 0 aromatic heterocycles. The zero-order valence-corrected chi connectivity index (χ0v) is 11.6. The second-order valence-electron chi connectivity index (χ2n) is 4.62. The van der Waals surface area contributed by atoms with Gasteiger partial charge in [-0.1, -0.05) is 13.0 Å². The predicted molar refractivity (Wildman–Crippen MR) is 76.2 cm³/mol. The lowest BCUT2D eigenvalue weighted by molar-refractivity contribution is -0.386. The molecule has 0 aliphatic heterocycles. The van der Waals surface area contributed by atoms with E-state index in [4.69, 9.17) is 0 Å². The highest BCUT2D eigenvalue weighted by Crippen LogP contribution is 2.34. The smallest absolute Gasteiger partial charge is 0.327 e. The van der Waals surface area contributed by atoms with Crippen molar-refractivity contribution in [3.05, 3.63) is 34.1 Å². The molecule has 1 fully saturated rings. The van der Waals surface area contributed by atoms with Crippen LogP contribution >= 0.6 is 11.8 Å². The molecule has 4 nitrogen and oxygen atoms in total. The summed E-state index contributed by atoms with van der Waals surface area (Å²) in [6.07, 6.45) is 3.07. The molecular weight excluding hydrogens is 267 g/mol. The van der Waals surface area contributed by atoms with Crippen molar-refractivity contribution in [3.63, 3.8) is 0 Å². The Kier molecular flexibility index (Phi) is 4.63. The summed E-state index contributed by atoms with van der Waals surface area (Å²) in [5.41, 5.74) is -0.161. The van der Waals surface area contributed by atoms with Crippen molar-refractivity contribution in [2.45, 2.75) is 37.5 Å². The van der Waals surface area contributed by atoms with Gasteiger partial charge >= 0.3 is 5.69 Å². The van der Waals surface area contributed by atoms with E-state index >= 15 is 0 Å². The van der Waals surface area contributed by atoms with Crippen LogP contribution in [0.3, 0.4) is 0 Å². The molecule has 2 atom stereocenters. The van der Waals surface area contributed by atoms with Crippen LogP contribution in [0.4, 0.5) is 15.8 Å². The number of nitro benzene ring substituents is 1. The van der Waals surface area contributed by atoms with E-state index in [0.29, 0.717) is 5.25 Å². The van der Waals surface area contributed by atoms with Crippen LogP contribution in [0.2, 0.25) is 0 Å². The van der Waals surface area contributed by atoms with E-state index in [1.807, 2.05) is 11.8 Å². The molecule has 1 aromatic carbocycles. The number of nitro groups is 1. The molecule has 104 valence electrons. The lowest BCUT2D eigenvalue weighted by Crippen LogP contribution is -2.17. The van der Waals surface area contributed by atoms with Crippen LogP contribution in [0.15, 0.2) is 18.2 Å². The van der Waals surface area contributed by atoms with Crippen molar-refractivity contribution in [3.8, 4) is 0 Å². The van der Waals surface area contributed by atoms with Gasteiger partial charge in [-0.3, -0.25) is 10.1 Å². The van der Waals surface area contributed by atoms with E-state index in [2.05, 4.69) is 12.2 Å². The van der Waals surface area contributed by atoms with Crippen LogP contribution in [-0.2, 0) is 0 Å². The first-order chi connectivity index (χ1) is 9.11. The number of benzene rings is 1. The molecule has 0 spiro atoms. The Hall–Kier alpha value is -1.30. The Morgan fingerprint density at radius 3 is 3.00 bits per heavy atom. The van der Waals surface area contributed by atoms with Gasteiger partial charge in [-0.05, 0) is 37.1 Å². The molecule has 1 N–H and O–H groups in total. The maximum Gasteiger partial charge on any atom is 0.327 e. The van der Waals surface area contributed by atoms with E-state index in [0.717, 1.165) is 31.1 Å². The Bertz CT molecular complexity index is 470. The molecule has 0 amide bonds. The normalized spacial score (nSPS) is 22.4. The standard InChI is InChI=1S/C13H17FN2O2S/c1-2-19-10-7-6-9(8-10)15-12-5-3-4-11(14)13(12)16(17)18/h3-5,9-10,15H,2,6-8H2,1H3. The average molecular weight is 284 g/mol. The number of rotatable bonds is 5. The zero-order valence-electron chi connectivity index (χ0n) is 10.8. The fourth-order valence-electron chi connectivity index (χ4n) is 2.50. The van der Waals surface area contributed by atoms with Gasteiger partial charge in [0, 0.05) is 11.3 Å². The summed E-state index contributed by atoms with van der Waals surface area (Å²) in [5.74, 6) is 0.296. The number of halogens is 1. The SMILES string of the molecule is CCSC1CCC(Nc2cccc(F)c2[N+](=O)[O-])C1. The Morgan fingerprint density at radius 1 is 1.53 bits per heavy atom. The third kappa shape index (κ3) is 3.37. The molecule has 0 radical (unpaired) electrons. The van der Waals surface area contributed by atoms with E-state index in [1.54, 1.807) is 6.07 Å². The Balaban J connectivity index is 2.08. The first-order valence-electron chi connectivity index (χ1n) is 6.42. The third-order valence-electron chi connectivity index (χ3n) is 3.32. The molecule has 1 aliphatic carbocycles. The molecule has 0 heterocycles. The van der Waals surface area contributed by atoms with Crippen molar-refractivity contribution < 1.29 is 9.31 Å². The molecule has 1 aliphatic rings. The maximum absolute atomic E-state index is 13.5. The number of hydrogen-bond acceptors (Lipinski definition) is 4. The minimum Gasteiger partial charge on any atom is -0.377 e. The van der Waals surface area contributed by atoms with Crippen molar-refractivity contribution >= 4 is 23.1 Å². The highest BCUT2D eigenvalue weighted by atomic mass is 32.2. The van der Waals surface area contributed by atoms with Gasteiger partial charge in [0.25, 0.3) is 0 Å². The van der Waals surface area contributed by atoms with Gasteiger partial charge in [0.15, 0.2) is 0 Å². The summed E-state index contributed by atoms with van der Waals surface area (Å²) >= 11 is 1.92. The molecule has 0 bridgehead atoms. The largest absolute Gasteiger partial charge is 0.377 e. The Labute approximate surface area is 115 Å². The zero-order chi connectivity index (χ0) is 13.8. The molecule has 1 aromatic rings. The molecule has 2 unspecified atom stereocenters. The minimum absolute atomic E-state index is 0.199. The first-order valence-corrected chi connectivity index (χ1v) is 7.47. The number of nitrogens with zero attached hydrogens (tertiary/aromatic N) is 1. The summed E-state index contributed by atoms with van der Waals surface area (Å²) in [6, 6.07) is 4.39. The van der Waals surface area contributed by atoms with Crippen LogP contribution in [0.25, 0.3) is 0 Å². The topological polar surface area (TPSA) is 55.2 Å². The van der Waals surface area contributed by atoms with Gasteiger partial charge in [0.05, 0.1) is 4.92 Å². The number of thioether (sulfide) groups is 1. The van der Waals surface area contributed by atoms with E-state index in [1.165, 1.54) is 6.07 Å². The molecule has 19 heavy (non-hydrogen) atoms. The fraction of sp³-hybridized carbons (Fsp3) is 0.538. The number of para-hydroxylation sites is 1. The van der Waals surface area contributed by atoms with Crippen molar-refractivity contribution in [2.24, 2.45) is 0 Å². The molecule has 0 saturated heterocycles. The van der Waals surface area contributed by atoms with Crippen LogP contribution < -0.4 is 5.32 Å². The Morgan fingerprint density at radius 2 is 2.32 bits per heavy atom. The predicted octanol–water partition coefficient (Wildman–Crippen LogP) is 3.82. The average Bonchev–Trinajstić information content (AvgIpc) is 2.76. The van der Waals surface area contributed by atoms with Gasteiger partial charge in [-0.2, -0.15) is 16.2 Å². The summed E-state index contributed by atoms with van der Waals surface area (Å²) in [7, 11) is 0. The molecule has 2 rings (SSSR count). The van der Waals surface area contributed by atoms with Gasteiger partial charge in [-0.25, -0.2) is 0 Å². The van der Waals surface area contributed by atoms with E-state index < -0.39 is 16.4 Å².